The Labute approximate surface area is 562 Å². The maximum absolute atomic E-state index is 13.0. The number of aliphatic hydroxyl groups is 1. The van der Waals surface area contributed by atoms with Crippen LogP contribution in [0.15, 0.2) is 0 Å². The van der Waals surface area contributed by atoms with Gasteiger partial charge in [-0.1, -0.05) is 318 Å². The molecule has 0 aromatic heterocycles. The summed E-state index contributed by atoms with van der Waals surface area (Å²) in [6.07, 6.45) is 48.8. The number of phosphoric ester groups is 2. The van der Waals surface area contributed by atoms with E-state index in [0.717, 1.165) is 102 Å². The van der Waals surface area contributed by atoms with Crippen LogP contribution in [0.5, 0.6) is 0 Å². The molecule has 19 heteroatoms. The molecule has 3 N–H and O–H groups in total. The third-order valence-corrected chi connectivity index (χ3v) is 18.8. The molecule has 0 spiro atoms. The van der Waals surface area contributed by atoms with Crippen molar-refractivity contribution >= 4 is 39.5 Å². The molecule has 0 aromatic rings. The first-order valence-electron chi connectivity index (χ1n) is 37.8. The summed E-state index contributed by atoms with van der Waals surface area (Å²) >= 11 is 0. The van der Waals surface area contributed by atoms with E-state index in [4.69, 9.17) is 37.0 Å². The highest BCUT2D eigenvalue weighted by molar-refractivity contribution is 7.47. The lowest BCUT2D eigenvalue weighted by molar-refractivity contribution is -0.161. The number of phosphoric acid groups is 2. The van der Waals surface area contributed by atoms with Crippen molar-refractivity contribution in [1.82, 2.24) is 0 Å². The van der Waals surface area contributed by atoms with Crippen LogP contribution in [-0.2, 0) is 65.4 Å². The first kappa shape index (κ1) is 90.1. The molecule has 0 fully saturated rings. The molecular weight excluding hydrogens is 1210 g/mol. The average molecular weight is 1350 g/mol. The molecule has 17 nitrogen and oxygen atoms in total. The lowest BCUT2D eigenvalue weighted by Crippen LogP contribution is -2.30. The number of unbranched alkanes of at least 4 members (excludes halogenated alkanes) is 39. The number of carbonyl (C=O) groups excluding carboxylic acids is 4. The van der Waals surface area contributed by atoms with Crippen LogP contribution in [0.1, 0.15) is 370 Å². The van der Waals surface area contributed by atoms with Crippen LogP contribution >= 0.6 is 15.6 Å². The van der Waals surface area contributed by atoms with Crippen LogP contribution in [-0.4, -0.2) is 96.7 Å². The zero-order valence-electron chi connectivity index (χ0n) is 60.0. The van der Waals surface area contributed by atoms with Gasteiger partial charge in [0.25, 0.3) is 0 Å². The van der Waals surface area contributed by atoms with Crippen LogP contribution in [0.4, 0.5) is 0 Å². The standard InChI is InChI=1S/C73H142O17P2/c1-8-9-10-11-12-24-33-40-47-54-70(75)83-61-69(90-73(78)57-50-43-36-29-32-39-46-53-66(6)7)63-88-92(81,82)86-59-67(74)58-85-91(79,80)87-62-68(60-84-71(76)55-48-41-34-28-23-26-31-38-45-52-65(4)5)89-72(77)56-49-42-35-27-22-20-18-16-14-13-15-17-19-21-25-30-37-44-51-64(2)3/h64-69,74H,8-63H2,1-7H3,(H,79,80)(H,81,82)/t67-,68-,69-/m1/s1. The topological polar surface area (TPSA) is 237 Å². The van der Waals surface area contributed by atoms with E-state index in [9.17, 15) is 43.2 Å². The lowest BCUT2D eigenvalue weighted by atomic mass is 10.0. The summed E-state index contributed by atoms with van der Waals surface area (Å²) in [7, 11) is -9.90. The Balaban J connectivity index is 5.17. The minimum absolute atomic E-state index is 0.103. The molecule has 0 aliphatic heterocycles. The Morgan fingerprint density at radius 3 is 0.739 bits per heavy atom. The molecule has 0 bridgehead atoms. The molecule has 2 unspecified atom stereocenters. The number of rotatable bonds is 71. The summed E-state index contributed by atoms with van der Waals surface area (Å²) < 4.78 is 68.3. The molecular formula is C73H142O17P2. The largest absolute Gasteiger partial charge is 0.472 e. The van der Waals surface area contributed by atoms with Crippen molar-refractivity contribution in [3.63, 3.8) is 0 Å². The Bertz CT molecular complexity index is 1800. The molecule has 5 atom stereocenters. The Morgan fingerprint density at radius 1 is 0.293 bits per heavy atom. The van der Waals surface area contributed by atoms with E-state index in [2.05, 4.69) is 48.5 Å². The molecule has 0 aliphatic rings. The predicted octanol–water partition coefficient (Wildman–Crippen LogP) is 21.0. The third kappa shape index (κ3) is 66.7. The summed E-state index contributed by atoms with van der Waals surface area (Å²) in [4.78, 5) is 72.5. The molecule has 0 saturated heterocycles. The Morgan fingerprint density at radius 2 is 0.500 bits per heavy atom. The maximum Gasteiger partial charge on any atom is 0.472 e. The smallest absolute Gasteiger partial charge is 0.462 e. The molecule has 0 saturated carbocycles. The molecule has 0 amide bonds. The molecule has 0 aliphatic carbocycles. The molecule has 546 valence electrons. The van der Waals surface area contributed by atoms with Gasteiger partial charge in [-0.25, -0.2) is 9.13 Å². The van der Waals surface area contributed by atoms with Crippen molar-refractivity contribution in [3.8, 4) is 0 Å². The van der Waals surface area contributed by atoms with Crippen molar-refractivity contribution in [1.29, 1.82) is 0 Å². The number of esters is 4. The molecule has 0 heterocycles. The van der Waals surface area contributed by atoms with Gasteiger partial charge in [-0.05, 0) is 43.4 Å². The number of hydrogen-bond acceptors (Lipinski definition) is 15. The summed E-state index contributed by atoms with van der Waals surface area (Å²) in [5.74, 6) is 0.133. The van der Waals surface area contributed by atoms with Crippen LogP contribution in [0, 0.1) is 17.8 Å². The van der Waals surface area contributed by atoms with Gasteiger partial charge < -0.3 is 33.8 Å². The lowest BCUT2D eigenvalue weighted by Gasteiger charge is -2.21. The van der Waals surface area contributed by atoms with Gasteiger partial charge in [-0.3, -0.25) is 37.3 Å². The normalized spacial score (nSPS) is 14.1. The average Bonchev–Trinajstić information content (AvgIpc) is 2.34. The summed E-state index contributed by atoms with van der Waals surface area (Å²) in [6, 6.07) is 0. The molecule has 92 heavy (non-hydrogen) atoms. The van der Waals surface area contributed by atoms with Gasteiger partial charge in [-0.2, -0.15) is 0 Å². The molecule has 0 aromatic carbocycles. The van der Waals surface area contributed by atoms with Crippen molar-refractivity contribution in [2.45, 2.75) is 388 Å². The van der Waals surface area contributed by atoms with E-state index in [1.165, 1.54) is 180 Å². The van der Waals surface area contributed by atoms with Gasteiger partial charge >= 0.3 is 39.5 Å². The van der Waals surface area contributed by atoms with Gasteiger partial charge in [0.2, 0.25) is 0 Å². The first-order chi connectivity index (χ1) is 44.2. The van der Waals surface area contributed by atoms with Crippen molar-refractivity contribution in [3.05, 3.63) is 0 Å². The fourth-order valence-electron chi connectivity index (χ4n) is 11.1. The van der Waals surface area contributed by atoms with Crippen LogP contribution in [0.2, 0.25) is 0 Å². The van der Waals surface area contributed by atoms with Crippen molar-refractivity contribution in [2.75, 3.05) is 39.6 Å². The molecule has 0 rings (SSSR count). The monoisotopic (exact) mass is 1350 g/mol. The minimum atomic E-state index is -4.95. The van der Waals surface area contributed by atoms with Crippen molar-refractivity contribution in [2.24, 2.45) is 17.8 Å². The predicted molar refractivity (Wildman–Crippen MR) is 372 cm³/mol. The fraction of sp³-hybridized carbons (Fsp3) is 0.945. The minimum Gasteiger partial charge on any atom is -0.462 e. The van der Waals surface area contributed by atoms with Crippen LogP contribution < -0.4 is 0 Å². The zero-order valence-corrected chi connectivity index (χ0v) is 61.8. The second kappa shape index (κ2) is 63.8. The highest BCUT2D eigenvalue weighted by Gasteiger charge is 2.30. The Hall–Kier alpha value is -1.94. The van der Waals surface area contributed by atoms with E-state index >= 15 is 0 Å². The second-order valence-corrected chi connectivity index (χ2v) is 30.7. The van der Waals surface area contributed by atoms with Gasteiger partial charge in [0, 0.05) is 25.7 Å². The van der Waals surface area contributed by atoms with Gasteiger partial charge in [0.05, 0.1) is 26.4 Å². The maximum atomic E-state index is 13.0. The van der Waals surface area contributed by atoms with Crippen molar-refractivity contribution < 1.29 is 80.2 Å². The molecule has 0 radical (unpaired) electrons. The highest BCUT2D eigenvalue weighted by atomic mass is 31.2. The summed E-state index contributed by atoms with van der Waals surface area (Å²) in [5.41, 5.74) is 0. The summed E-state index contributed by atoms with van der Waals surface area (Å²) in [5, 5.41) is 10.6. The number of carbonyl (C=O) groups is 4. The Kier molecular flexibility index (Phi) is 62.4. The second-order valence-electron chi connectivity index (χ2n) is 27.8. The number of ether oxygens (including phenoxy) is 4. The van der Waals surface area contributed by atoms with Gasteiger partial charge in [0.15, 0.2) is 12.2 Å². The quantitative estimate of drug-likeness (QED) is 0.0222. The van der Waals surface area contributed by atoms with Gasteiger partial charge in [0.1, 0.15) is 19.3 Å². The highest BCUT2D eigenvalue weighted by Crippen LogP contribution is 2.45. The van der Waals surface area contributed by atoms with E-state index in [0.29, 0.717) is 31.6 Å². The zero-order chi connectivity index (χ0) is 68.0. The van der Waals surface area contributed by atoms with E-state index < -0.39 is 97.5 Å². The van der Waals surface area contributed by atoms with Gasteiger partial charge in [-0.15, -0.1) is 0 Å². The fourth-order valence-corrected chi connectivity index (χ4v) is 12.7. The van der Waals surface area contributed by atoms with E-state index in [1.807, 2.05) is 0 Å². The number of hydrogen-bond donors (Lipinski definition) is 3. The first-order valence-corrected chi connectivity index (χ1v) is 40.8. The van der Waals surface area contributed by atoms with Crippen LogP contribution in [0.3, 0.4) is 0 Å². The third-order valence-electron chi connectivity index (χ3n) is 16.9. The summed E-state index contributed by atoms with van der Waals surface area (Å²) in [6.45, 7) is 11.8. The van der Waals surface area contributed by atoms with E-state index in [1.54, 1.807) is 0 Å². The SMILES string of the molecule is CCCCCCCCCCCC(=O)OC[C@H](COP(=O)(O)OC[C@H](O)COP(=O)(O)OC[C@@H](COC(=O)CCCCCCCCCCCC(C)C)OC(=O)CCCCCCCCCCCCCCCCCCCCC(C)C)OC(=O)CCCCCCCCCC(C)C. The number of aliphatic hydroxyl groups excluding tert-OH is 1. The van der Waals surface area contributed by atoms with Crippen LogP contribution in [0.25, 0.3) is 0 Å². The van der Waals surface area contributed by atoms with E-state index in [-0.39, 0.29) is 25.7 Å².